The molecule has 1 aliphatic rings. The number of amides is 1. The molecule has 1 aromatic heterocycles. The zero-order valence-electron chi connectivity index (χ0n) is 21.3. The number of likely N-dealkylation sites (tertiary alicyclic amines) is 1. The van der Waals surface area contributed by atoms with Crippen LogP contribution in [0.1, 0.15) is 56.4 Å². The van der Waals surface area contributed by atoms with Gasteiger partial charge in [0.1, 0.15) is 0 Å². The molecule has 5 nitrogen and oxygen atoms in total. The van der Waals surface area contributed by atoms with Gasteiger partial charge >= 0.3 is 0 Å². The topological polar surface area (TPSA) is 65.5 Å². The maximum atomic E-state index is 12.1. The maximum absolute atomic E-state index is 12.1. The number of benzene rings is 2. The first kappa shape index (κ1) is 31.1. The van der Waals surface area contributed by atoms with Crippen molar-refractivity contribution >= 4 is 42.3 Å². The lowest BCUT2D eigenvalue weighted by Crippen LogP contribution is -2.53. The second-order valence-corrected chi connectivity index (χ2v) is 10.2. The Morgan fingerprint density at radius 2 is 1.68 bits per heavy atom. The van der Waals surface area contributed by atoms with E-state index < -0.39 is 5.60 Å². The van der Waals surface area contributed by atoms with Gasteiger partial charge in [0.2, 0.25) is 5.91 Å². The third kappa shape index (κ3) is 7.46. The Balaban J connectivity index is 0.00000241. The fraction of sp³-hybridized carbons (Fsp3) is 0.379. The van der Waals surface area contributed by atoms with Crippen molar-refractivity contribution in [2.24, 2.45) is 0 Å². The molecule has 1 saturated heterocycles. The molecule has 0 aliphatic carbocycles. The molecule has 2 atom stereocenters. The number of halogens is 3. The van der Waals surface area contributed by atoms with Gasteiger partial charge in [-0.25, -0.2) is 0 Å². The van der Waals surface area contributed by atoms with Gasteiger partial charge in [-0.05, 0) is 68.0 Å². The van der Waals surface area contributed by atoms with Crippen molar-refractivity contribution in [2.75, 3.05) is 13.1 Å². The van der Waals surface area contributed by atoms with Crippen molar-refractivity contribution in [1.82, 2.24) is 15.2 Å². The second-order valence-electron chi connectivity index (χ2n) is 9.74. The highest BCUT2D eigenvalue weighted by Gasteiger charge is 2.37. The van der Waals surface area contributed by atoms with Gasteiger partial charge in [-0.15, -0.1) is 24.8 Å². The van der Waals surface area contributed by atoms with Gasteiger partial charge in [-0.3, -0.25) is 14.7 Å². The number of pyridine rings is 1. The van der Waals surface area contributed by atoms with Crippen molar-refractivity contribution in [1.29, 1.82) is 0 Å². The second kappa shape index (κ2) is 13.6. The Morgan fingerprint density at radius 1 is 1.05 bits per heavy atom. The summed E-state index contributed by atoms with van der Waals surface area (Å²) < 4.78 is 0. The summed E-state index contributed by atoms with van der Waals surface area (Å²) in [6.45, 7) is 5.17. The van der Waals surface area contributed by atoms with E-state index in [1.807, 2.05) is 48.7 Å². The van der Waals surface area contributed by atoms with Crippen molar-refractivity contribution in [3.8, 4) is 0 Å². The van der Waals surface area contributed by atoms with Crippen LogP contribution in [-0.2, 0) is 15.8 Å². The van der Waals surface area contributed by atoms with Gasteiger partial charge in [0.15, 0.2) is 0 Å². The fourth-order valence-electron chi connectivity index (χ4n) is 5.18. The zero-order valence-corrected chi connectivity index (χ0v) is 23.7. The third-order valence-electron chi connectivity index (χ3n) is 7.38. The van der Waals surface area contributed by atoms with Gasteiger partial charge in [0.05, 0.1) is 17.5 Å². The van der Waals surface area contributed by atoms with Crippen LogP contribution in [0.2, 0.25) is 5.02 Å². The van der Waals surface area contributed by atoms with E-state index in [4.69, 9.17) is 16.6 Å². The fourth-order valence-corrected chi connectivity index (χ4v) is 5.30. The number of nitrogens with zero attached hydrogens (tertiary/aromatic N) is 2. The molecule has 0 spiro atoms. The molecule has 1 aliphatic heterocycles. The van der Waals surface area contributed by atoms with E-state index in [9.17, 15) is 9.90 Å². The van der Waals surface area contributed by atoms with Crippen LogP contribution < -0.4 is 5.32 Å². The molecular formula is C29H36Cl3N3O2. The van der Waals surface area contributed by atoms with Crippen LogP contribution in [0.4, 0.5) is 0 Å². The summed E-state index contributed by atoms with van der Waals surface area (Å²) in [5.41, 5.74) is 1.94. The Labute approximate surface area is 237 Å². The van der Waals surface area contributed by atoms with Crippen LogP contribution in [0.15, 0.2) is 79.0 Å². The van der Waals surface area contributed by atoms with Crippen LogP contribution in [0, 0.1) is 0 Å². The summed E-state index contributed by atoms with van der Waals surface area (Å²) in [5.74, 6) is -0.0483. The van der Waals surface area contributed by atoms with Crippen LogP contribution >= 0.6 is 36.4 Å². The van der Waals surface area contributed by atoms with Crippen molar-refractivity contribution in [3.63, 3.8) is 0 Å². The van der Waals surface area contributed by atoms with Gasteiger partial charge in [-0.2, -0.15) is 0 Å². The molecule has 3 aromatic rings. The molecule has 2 N–H and O–H groups in total. The molecule has 0 radical (unpaired) electrons. The van der Waals surface area contributed by atoms with Crippen LogP contribution in [0.5, 0.6) is 0 Å². The van der Waals surface area contributed by atoms with E-state index in [0.29, 0.717) is 31.0 Å². The normalized spacial score (nSPS) is 17.4. The van der Waals surface area contributed by atoms with Gasteiger partial charge < -0.3 is 10.4 Å². The van der Waals surface area contributed by atoms with Gasteiger partial charge in [0.25, 0.3) is 0 Å². The van der Waals surface area contributed by atoms with Crippen LogP contribution in [0.3, 0.4) is 0 Å². The monoisotopic (exact) mass is 563 g/mol. The van der Waals surface area contributed by atoms with Crippen LogP contribution in [0.25, 0.3) is 0 Å². The quantitative estimate of drug-likeness (QED) is 0.346. The minimum absolute atomic E-state index is 0. The first-order valence-corrected chi connectivity index (χ1v) is 12.6. The number of carbonyl (C=O) groups is 1. The van der Waals surface area contributed by atoms with Crippen molar-refractivity contribution in [2.45, 2.75) is 56.7 Å². The van der Waals surface area contributed by atoms with Crippen LogP contribution in [-0.4, -0.2) is 40.2 Å². The van der Waals surface area contributed by atoms with E-state index in [2.05, 4.69) is 47.5 Å². The highest BCUT2D eigenvalue weighted by molar-refractivity contribution is 6.30. The molecule has 200 valence electrons. The lowest BCUT2D eigenvalue weighted by molar-refractivity contribution is -0.121. The predicted octanol–water partition coefficient (Wildman–Crippen LogP) is 6.11. The molecule has 4 rings (SSSR count). The standard InChI is InChI=1S/C29H34ClN3O2.2ClH/c1-22(34)32-27(33-20-17-29(35,18-21-33)24-11-13-25(30)14-12-24)15-16-28(2,23-8-4-3-5-9-23)26-10-6-7-19-31-26;;/h3-14,19,27,35H,15-18,20-21H2,1-2H3,(H,32,34);2*1H. The number of aliphatic hydroxyl groups is 1. The average molecular weight is 565 g/mol. The van der Waals surface area contributed by atoms with E-state index in [0.717, 1.165) is 24.1 Å². The van der Waals surface area contributed by atoms with E-state index in [1.165, 1.54) is 5.56 Å². The molecule has 8 heteroatoms. The maximum Gasteiger partial charge on any atom is 0.218 e. The minimum atomic E-state index is -0.881. The molecule has 2 heterocycles. The Bertz CT molecular complexity index is 1070. The Kier molecular flexibility index (Phi) is 11.4. The lowest BCUT2D eigenvalue weighted by Gasteiger charge is -2.43. The summed E-state index contributed by atoms with van der Waals surface area (Å²) in [6, 6.07) is 23.9. The number of nitrogens with one attached hydrogen (secondary N) is 1. The highest BCUT2D eigenvalue weighted by Crippen LogP contribution is 2.37. The Hall–Kier alpha value is -2.15. The molecule has 1 fully saturated rings. The number of rotatable bonds is 8. The predicted molar refractivity (Wildman–Crippen MR) is 155 cm³/mol. The van der Waals surface area contributed by atoms with Gasteiger partial charge in [0, 0.05) is 36.6 Å². The number of hydrogen-bond acceptors (Lipinski definition) is 4. The van der Waals surface area contributed by atoms with E-state index >= 15 is 0 Å². The first-order valence-electron chi connectivity index (χ1n) is 12.3. The average Bonchev–Trinajstić information content (AvgIpc) is 2.88. The summed E-state index contributed by atoms with van der Waals surface area (Å²) in [4.78, 5) is 19.1. The van der Waals surface area contributed by atoms with Crippen molar-refractivity contribution < 1.29 is 9.90 Å². The van der Waals surface area contributed by atoms with E-state index in [1.54, 1.807) is 6.92 Å². The number of carbonyl (C=O) groups excluding carboxylic acids is 1. The molecular weight excluding hydrogens is 529 g/mol. The summed E-state index contributed by atoms with van der Waals surface area (Å²) in [6.07, 6.45) is 4.50. The SMILES string of the molecule is CC(=O)NC(CCC(C)(c1ccccc1)c1ccccn1)N1CCC(O)(c2ccc(Cl)cc2)CC1.Cl.Cl. The molecule has 2 aromatic carbocycles. The minimum Gasteiger partial charge on any atom is -0.385 e. The Morgan fingerprint density at radius 3 is 2.24 bits per heavy atom. The first-order chi connectivity index (χ1) is 16.8. The molecule has 2 unspecified atom stereocenters. The molecule has 37 heavy (non-hydrogen) atoms. The summed E-state index contributed by atoms with van der Waals surface area (Å²) in [7, 11) is 0. The molecule has 0 saturated carbocycles. The number of aromatic nitrogens is 1. The van der Waals surface area contributed by atoms with Gasteiger partial charge in [-0.1, -0.05) is 60.1 Å². The zero-order chi connectivity index (χ0) is 24.9. The smallest absolute Gasteiger partial charge is 0.218 e. The van der Waals surface area contributed by atoms with Crippen molar-refractivity contribution in [3.05, 3.63) is 101 Å². The lowest BCUT2D eigenvalue weighted by atomic mass is 9.75. The molecule has 1 amide bonds. The third-order valence-corrected chi connectivity index (χ3v) is 7.63. The number of hydrogen-bond donors (Lipinski definition) is 2. The highest BCUT2D eigenvalue weighted by atomic mass is 35.5. The molecule has 0 bridgehead atoms. The summed E-state index contributed by atoms with van der Waals surface area (Å²) in [5, 5.41) is 15.1. The van der Waals surface area contributed by atoms with E-state index in [-0.39, 0.29) is 42.3 Å². The number of piperidine rings is 1. The largest absolute Gasteiger partial charge is 0.385 e. The summed E-state index contributed by atoms with van der Waals surface area (Å²) >= 11 is 6.03.